The second-order valence-electron chi connectivity index (χ2n) is 4.59. The first-order valence-corrected chi connectivity index (χ1v) is 6.44. The lowest BCUT2D eigenvalue weighted by atomic mass is 10.2. The molecular weight excluding hydrogens is 281 g/mol. The van der Waals surface area contributed by atoms with Gasteiger partial charge < -0.3 is 20.7 Å². The van der Waals surface area contributed by atoms with Gasteiger partial charge in [0, 0.05) is 13.1 Å². The number of anilines is 3. The predicted octanol–water partition coefficient (Wildman–Crippen LogP) is 3.67. The Bertz CT molecular complexity index is 678. The van der Waals surface area contributed by atoms with Gasteiger partial charge in [0.25, 0.3) is 0 Å². The van der Waals surface area contributed by atoms with Gasteiger partial charge in [0.05, 0.1) is 23.7 Å². The smallest absolute Gasteiger partial charge is 0.168 e. The highest BCUT2D eigenvalue weighted by molar-refractivity contribution is 6.32. The van der Waals surface area contributed by atoms with Gasteiger partial charge >= 0.3 is 0 Å². The summed E-state index contributed by atoms with van der Waals surface area (Å²) in [6, 6.07) is 8.58. The Morgan fingerprint density at radius 3 is 2.95 bits per heavy atom. The first kappa shape index (κ1) is 12.9. The summed E-state index contributed by atoms with van der Waals surface area (Å²) in [6.45, 7) is 0.746. The Morgan fingerprint density at radius 1 is 1.35 bits per heavy atom. The number of benzene rings is 2. The molecule has 1 aliphatic heterocycles. The maximum Gasteiger partial charge on any atom is 0.168 e. The third kappa shape index (κ3) is 2.10. The number of halogens is 2. The Kier molecular flexibility index (Phi) is 3.06. The van der Waals surface area contributed by atoms with Crippen molar-refractivity contribution in [1.82, 2.24) is 0 Å². The quantitative estimate of drug-likeness (QED) is 0.830. The zero-order valence-corrected chi connectivity index (χ0v) is 11.5. The predicted molar refractivity (Wildman–Crippen MR) is 79.2 cm³/mol. The summed E-state index contributed by atoms with van der Waals surface area (Å²) in [5.74, 6) is 0.158. The molecule has 0 fully saturated rings. The zero-order chi connectivity index (χ0) is 14.3. The molecule has 0 saturated carbocycles. The maximum absolute atomic E-state index is 13.6. The number of ether oxygens (including phenoxy) is 1. The molecule has 104 valence electrons. The molecule has 0 bridgehead atoms. The molecule has 0 unspecified atom stereocenters. The van der Waals surface area contributed by atoms with Crippen LogP contribution in [-0.4, -0.2) is 13.7 Å². The zero-order valence-electron chi connectivity index (χ0n) is 10.8. The van der Waals surface area contributed by atoms with E-state index in [0.29, 0.717) is 5.75 Å². The van der Waals surface area contributed by atoms with Crippen molar-refractivity contribution in [2.45, 2.75) is 0 Å². The number of hydrogen-bond acceptors (Lipinski definition) is 4. The van der Waals surface area contributed by atoms with E-state index in [1.54, 1.807) is 6.07 Å². The second kappa shape index (κ2) is 4.76. The van der Waals surface area contributed by atoms with Crippen LogP contribution < -0.4 is 20.7 Å². The lowest BCUT2D eigenvalue weighted by Gasteiger charge is -2.12. The van der Waals surface area contributed by atoms with Crippen LogP contribution in [-0.2, 0) is 0 Å². The number of nitrogens with one attached hydrogen (secondary N) is 1. The molecule has 2 aromatic rings. The third-order valence-corrected chi connectivity index (χ3v) is 3.54. The lowest BCUT2D eigenvalue weighted by Crippen LogP contribution is -2.15. The normalized spacial score (nSPS) is 13.1. The Morgan fingerprint density at radius 2 is 2.15 bits per heavy atom. The number of nitrogens with two attached hydrogens (primary N) is 1. The molecule has 20 heavy (non-hydrogen) atoms. The molecule has 0 atom stereocenters. The van der Waals surface area contributed by atoms with Crippen molar-refractivity contribution in [3.05, 3.63) is 41.2 Å². The van der Waals surface area contributed by atoms with Crippen LogP contribution in [0.3, 0.4) is 0 Å². The van der Waals surface area contributed by atoms with Gasteiger partial charge in [-0.1, -0.05) is 11.6 Å². The average molecular weight is 294 g/mol. The van der Waals surface area contributed by atoms with Gasteiger partial charge in [-0.05, 0) is 24.3 Å². The van der Waals surface area contributed by atoms with Gasteiger partial charge in [-0.3, -0.25) is 0 Å². The monoisotopic (exact) mass is 293 g/mol. The molecule has 0 aromatic heterocycles. The van der Waals surface area contributed by atoms with E-state index >= 15 is 0 Å². The molecule has 0 spiro atoms. The van der Waals surface area contributed by atoms with Crippen LogP contribution in [0.1, 0.15) is 0 Å². The number of nitrogens with zero attached hydrogens (tertiary/aromatic N) is 1. The largest absolute Gasteiger partial charge is 0.456 e. The van der Waals surface area contributed by atoms with Crippen LogP contribution >= 0.6 is 11.6 Å². The van der Waals surface area contributed by atoms with Crippen molar-refractivity contribution in [3.8, 4) is 11.5 Å². The summed E-state index contributed by atoms with van der Waals surface area (Å²) < 4.78 is 19.2. The number of nitrogen functional groups attached to an aromatic ring is 1. The van der Waals surface area contributed by atoms with Crippen molar-refractivity contribution in [3.63, 3.8) is 0 Å². The molecule has 0 aliphatic carbocycles. The lowest BCUT2D eigenvalue weighted by molar-refractivity contribution is 0.478. The van der Waals surface area contributed by atoms with Crippen molar-refractivity contribution in [2.24, 2.45) is 0 Å². The van der Waals surface area contributed by atoms with Gasteiger partial charge in [0.1, 0.15) is 16.5 Å². The summed E-state index contributed by atoms with van der Waals surface area (Å²) in [5.41, 5.74) is 7.50. The van der Waals surface area contributed by atoms with E-state index in [0.717, 1.165) is 18.0 Å². The van der Waals surface area contributed by atoms with Crippen molar-refractivity contribution < 1.29 is 9.13 Å². The van der Waals surface area contributed by atoms with E-state index in [2.05, 4.69) is 10.2 Å². The molecule has 6 heteroatoms. The van der Waals surface area contributed by atoms with Gasteiger partial charge in [-0.2, -0.15) is 0 Å². The van der Waals surface area contributed by atoms with Crippen molar-refractivity contribution in [2.75, 3.05) is 29.7 Å². The fraction of sp³-hybridized carbons (Fsp3) is 0.143. The van der Waals surface area contributed by atoms with E-state index in [4.69, 9.17) is 22.1 Å². The molecular formula is C14H13ClFN3O. The van der Waals surface area contributed by atoms with Gasteiger partial charge in [-0.25, -0.2) is 4.39 Å². The van der Waals surface area contributed by atoms with E-state index in [1.165, 1.54) is 6.07 Å². The maximum atomic E-state index is 13.6. The molecule has 0 radical (unpaired) electrons. The van der Waals surface area contributed by atoms with Crippen LogP contribution in [0.2, 0.25) is 5.02 Å². The van der Waals surface area contributed by atoms with E-state index in [1.807, 2.05) is 25.2 Å². The van der Waals surface area contributed by atoms with Crippen LogP contribution in [0, 0.1) is 5.82 Å². The first-order chi connectivity index (χ1) is 9.56. The third-order valence-electron chi connectivity index (χ3n) is 3.19. The first-order valence-electron chi connectivity index (χ1n) is 6.06. The summed E-state index contributed by atoms with van der Waals surface area (Å²) in [4.78, 5) is 2.08. The Hall–Kier alpha value is -2.14. The average Bonchev–Trinajstić information content (AvgIpc) is 2.81. The Balaban J connectivity index is 1.91. The van der Waals surface area contributed by atoms with Crippen molar-refractivity contribution in [1.29, 1.82) is 0 Å². The highest BCUT2D eigenvalue weighted by Gasteiger charge is 2.16. The summed E-state index contributed by atoms with van der Waals surface area (Å²) >= 11 is 5.88. The highest BCUT2D eigenvalue weighted by Crippen LogP contribution is 2.38. The minimum atomic E-state index is -0.664. The van der Waals surface area contributed by atoms with Gasteiger partial charge in [0.15, 0.2) is 5.82 Å². The van der Waals surface area contributed by atoms with Crippen LogP contribution in [0.15, 0.2) is 30.3 Å². The van der Waals surface area contributed by atoms with E-state index in [-0.39, 0.29) is 16.5 Å². The standard InChI is InChI=1S/C14H13ClFN3O/c1-19-7-18-10-6-8(2-4-11(10)19)20-12-5-3-9(17)14(16)13(12)15/h2-6,18H,7,17H2,1H3. The molecule has 2 aromatic carbocycles. The second-order valence-corrected chi connectivity index (χ2v) is 4.97. The highest BCUT2D eigenvalue weighted by atomic mass is 35.5. The molecule has 1 aliphatic rings. The van der Waals surface area contributed by atoms with Gasteiger partial charge in [-0.15, -0.1) is 0 Å². The number of rotatable bonds is 2. The topological polar surface area (TPSA) is 50.5 Å². The fourth-order valence-corrected chi connectivity index (χ4v) is 2.31. The van der Waals surface area contributed by atoms with Gasteiger partial charge in [0.2, 0.25) is 0 Å². The number of fused-ring (bicyclic) bond motifs is 1. The molecule has 1 heterocycles. The van der Waals surface area contributed by atoms with Crippen LogP contribution in [0.4, 0.5) is 21.5 Å². The minimum Gasteiger partial charge on any atom is -0.456 e. The number of hydrogen-bond donors (Lipinski definition) is 2. The summed E-state index contributed by atoms with van der Waals surface area (Å²) in [7, 11) is 1.99. The molecule has 0 saturated heterocycles. The summed E-state index contributed by atoms with van der Waals surface area (Å²) in [5, 5.41) is 3.11. The van der Waals surface area contributed by atoms with E-state index < -0.39 is 5.82 Å². The molecule has 0 amide bonds. The van der Waals surface area contributed by atoms with Crippen LogP contribution in [0.5, 0.6) is 11.5 Å². The van der Waals surface area contributed by atoms with E-state index in [9.17, 15) is 4.39 Å². The molecule has 3 rings (SSSR count). The fourth-order valence-electron chi connectivity index (χ4n) is 2.09. The SMILES string of the molecule is CN1CNc2cc(Oc3ccc(N)c(F)c3Cl)ccc21. The van der Waals surface area contributed by atoms with Crippen molar-refractivity contribution >= 4 is 28.7 Å². The molecule has 4 nitrogen and oxygen atoms in total. The minimum absolute atomic E-state index is 0.000375. The van der Waals surface area contributed by atoms with Crippen LogP contribution in [0.25, 0.3) is 0 Å². The Labute approximate surface area is 120 Å². The summed E-state index contributed by atoms with van der Waals surface area (Å²) in [6.07, 6.45) is 0. The molecule has 3 N–H and O–H groups in total.